The van der Waals surface area contributed by atoms with E-state index in [1.54, 1.807) is 28.9 Å². The molecule has 0 bridgehead atoms. The van der Waals surface area contributed by atoms with E-state index in [0.717, 1.165) is 28.1 Å². The van der Waals surface area contributed by atoms with Crippen molar-refractivity contribution in [1.29, 1.82) is 5.26 Å². The van der Waals surface area contributed by atoms with E-state index in [2.05, 4.69) is 16.1 Å². The fourth-order valence-electron chi connectivity index (χ4n) is 4.14. The summed E-state index contributed by atoms with van der Waals surface area (Å²) in [5.41, 5.74) is 10.2. The Hall–Kier alpha value is -3.83. The molecule has 1 aliphatic rings. The van der Waals surface area contributed by atoms with E-state index in [-0.39, 0.29) is 0 Å². The summed E-state index contributed by atoms with van der Waals surface area (Å²) in [5, 5.41) is 15.1. The Labute approximate surface area is 182 Å². The molecule has 0 fully saturated rings. The number of nitrogens with zero attached hydrogens (tertiary/aromatic N) is 4. The first-order valence-corrected chi connectivity index (χ1v) is 10.00. The van der Waals surface area contributed by atoms with E-state index >= 15 is 0 Å². The minimum absolute atomic E-state index is 0.439. The molecule has 0 aliphatic carbocycles. The van der Waals surface area contributed by atoms with Crippen molar-refractivity contribution in [3.63, 3.8) is 0 Å². The highest BCUT2D eigenvalue weighted by atomic mass is 19.4. The third kappa shape index (κ3) is 3.67. The van der Waals surface area contributed by atoms with E-state index in [9.17, 15) is 18.4 Å². The van der Waals surface area contributed by atoms with Crippen molar-refractivity contribution >= 4 is 16.6 Å². The van der Waals surface area contributed by atoms with Crippen LogP contribution in [0.4, 0.5) is 18.9 Å². The minimum atomic E-state index is -4.34. The first-order valence-electron chi connectivity index (χ1n) is 10.00. The lowest BCUT2D eigenvalue weighted by Crippen LogP contribution is -2.16. The van der Waals surface area contributed by atoms with Gasteiger partial charge in [0.15, 0.2) is 0 Å². The maximum atomic E-state index is 13.0. The summed E-state index contributed by atoms with van der Waals surface area (Å²) in [6.45, 7) is 1.54. The molecule has 0 atom stereocenters. The number of alkyl halides is 3. The lowest BCUT2D eigenvalue weighted by molar-refractivity contribution is -0.137. The molecule has 8 heteroatoms. The fourth-order valence-corrected chi connectivity index (χ4v) is 4.14. The Balaban J connectivity index is 1.38. The normalized spacial score (nSPS) is 13.9. The van der Waals surface area contributed by atoms with Crippen LogP contribution in [0.15, 0.2) is 60.8 Å². The van der Waals surface area contributed by atoms with Gasteiger partial charge in [0.25, 0.3) is 0 Å². The molecule has 0 amide bonds. The van der Waals surface area contributed by atoms with Crippen LogP contribution in [0, 0.1) is 11.3 Å². The predicted molar refractivity (Wildman–Crippen MR) is 115 cm³/mol. The highest BCUT2D eigenvalue weighted by Gasteiger charge is 2.32. The summed E-state index contributed by atoms with van der Waals surface area (Å²) >= 11 is 0. The largest absolute Gasteiger partial charge is 0.416 e. The summed E-state index contributed by atoms with van der Waals surface area (Å²) in [5.74, 6) is 0. The molecule has 3 aromatic carbocycles. The average molecular weight is 433 g/mol. The molecule has 0 unspecified atom stereocenters. The zero-order chi connectivity index (χ0) is 22.5. The Morgan fingerprint density at radius 1 is 1.00 bits per heavy atom. The van der Waals surface area contributed by atoms with Crippen LogP contribution in [0.1, 0.15) is 27.8 Å². The van der Waals surface area contributed by atoms with Gasteiger partial charge in [0.1, 0.15) is 6.07 Å². The third-order valence-corrected chi connectivity index (χ3v) is 5.69. The minimum Gasteiger partial charge on any atom is -0.399 e. The Kier molecular flexibility index (Phi) is 4.64. The summed E-state index contributed by atoms with van der Waals surface area (Å²) < 4.78 is 40.6. The Morgan fingerprint density at radius 2 is 1.81 bits per heavy atom. The van der Waals surface area contributed by atoms with Crippen molar-refractivity contribution < 1.29 is 13.2 Å². The van der Waals surface area contributed by atoms with Crippen molar-refractivity contribution in [2.24, 2.45) is 0 Å². The van der Waals surface area contributed by atoms with Crippen molar-refractivity contribution in [1.82, 2.24) is 14.7 Å². The van der Waals surface area contributed by atoms with Gasteiger partial charge < -0.3 is 5.73 Å². The molecule has 2 heterocycles. The molecule has 0 saturated carbocycles. The number of nitrogen functional groups attached to an aromatic ring is 1. The quantitative estimate of drug-likeness (QED) is 0.461. The van der Waals surface area contributed by atoms with Gasteiger partial charge in [-0.25, -0.2) is 4.68 Å². The number of hydrogen-bond acceptors (Lipinski definition) is 4. The number of benzene rings is 3. The van der Waals surface area contributed by atoms with Crippen molar-refractivity contribution in [3.8, 4) is 11.8 Å². The highest BCUT2D eigenvalue weighted by molar-refractivity contribution is 5.81. The predicted octanol–water partition coefficient (Wildman–Crippen LogP) is 5.01. The van der Waals surface area contributed by atoms with Crippen molar-refractivity contribution in [2.45, 2.75) is 25.8 Å². The molecular weight excluding hydrogens is 415 g/mol. The van der Waals surface area contributed by atoms with E-state index in [1.165, 1.54) is 6.07 Å². The molecule has 32 heavy (non-hydrogen) atoms. The first-order chi connectivity index (χ1) is 15.3. The van der Waals surface area contributed by atoms with Crippen molar-refractivity contribution in [3.05, 3.63) is 88.6 Å². The number of anilines is 1. The molecule has 0 radical (unpaired) electrons. The van der Waals surface area contributed by atoms with Gasteiger partial charge >= 0.3 is 6.18 Å². The van der Waals surface area contributed by atoms with Crippen molar-refractivity contribution in [2.75, 3.05) is 5.73 Å². The van der Waals surface area contributed by atoms with E-state index in [4.69, 9.17) is 5.73 Å². The number of nitriles is 1. The summed E-state index contributed by atoms with van der Waals surface area (Å²) in [6, 6.07) is 17.2. The second kappa shape index (κ2) is 7.39. The SMILES string of the molecule is N#Cc1cc(CN2Cc3ccc(C(F)(F)F)cc3C2)ccc1-n1cc2ccc(N)cc2n1. The molecule has 0 spiro atoms. The summed E-state index contributed by atoms with van der Waals surface area (Å²) in [6.07, 6.45) is -2.50. The molecule has 5 nitrogen and oxygen atoms in total. The molecule has 5 rings (SSSR count). The van der Waals surface area contributed by atoms with Gasteiger partial charge in [0.05, 0.1) is 22.3 Å². The number of nitrogens with two attached hydrogens (primary N) is 1. The Bertz CT molecular complexity index is 1380. The van der Waals surface area contributed by atoms with E-state index in [1.807, 2.05) is 24.4 Å². The van der Waals surface area contributed by atoms with Crippen LogP contribution in [-0.4, -0.2) is 14.7 Å². The first kappa shape index (κ1) is 20.1. The van der Waals surface area contributed by atoms with Crippen LogP contribution in [0.25, 0.3) is 16.6 Å². The van der Waals surface area contributed by atoms with Gasteiger partial charge in [0.2, 0.25) is 0 Å². The molecule has 160 valence electrons. The monoisotopic (exact) mass is 433 g/mol. The molecular formula is C24H18F3N5. The van der Waals surface area contributed by atoms with Gasteiger partial charge in [-0.1, -0.05) is 12.1 Å². The van der Waals surface area contributed by atoms with Crippen LogP contribution >= 0.6 is 0 Å². The Morgan fingerprint density at radius 3 is 2.59 bits per heavy atom. The molecule has 4 aromatic rings. The standard InChI is InChI=1S/C24H18F3N5/c25-24(26,27)20-4-2-16-12-31(13-19(16)8-20)11-15-1-6-23(18(7-15)10-28)32-14-17-3-5-21(29)9-22(17)30-32/h1-9,14H,11-13,29H2. The van der Waals surface area contributed by atoms with E-state index < -0.39 is 11.7 Å². The zero-order valence-corrected chi connectivity index (χ0v) is 16.9. The van der Waals surface area contributed by atoms with Crippen LogP contribution in [0.3, 0.4) is 0 Å². The van der Waals surface area contributed by atoms with Crippen LogP contribution in [0.2, 0.25) is 0 Å². The van der Waals surface area contributed by atoms with Gasteiger partial charge in [0, 0.05) is 36.9 Å². The second-order valence-corrected chi connectivity index (χ2v) is 7.98. The van der Waals surface area contributed by atoms with Gasteiger partial charge in [-0.15, -0.1) is 0 Å². The lowest BCUT2D eigenvalue weighted by Gasteiger charge is -2.15. The molecule has 0 saturated heterocycles. The van der Waals surface area contributed by atoms with E-state index in [0.29, 0.717) is 42.1 Å². The highest BCUT2D eigenvalue weighted by Crippen LogP contribution is 2.33. The molecule has 2 N–H and O–H groups in total. The van der Waals surface area contributed by atoms with Gasteiger partial charge in [-0.2, -0.15) is 23.5 Å². The zero-order valence-electron chi connectivity index (χ0n) is 16.9. The van der Waals surface area contributed by atoms with Crippen LogP contribution < -0.4 is 5.73 Å². The smallest absolute Gasteiger partial charge is 0.399 e. The van der Waals surface area contributed by atoms with Crippen LogP contribution in [0.5, 0.6) is 0 Å². The molecule has 1 aliphatic heterocycles. The second-order valence-electron chi connectivity index (χ2n) is 7.98. The number of halogens is 3. The number of fused-ring (bicyclic) bond motifs is 2. The summed E-state index contributed by atoms with van der Waals surface area (Å²) in [4.78, 5) is 2.06. The maximum absolute atomic E-state index is 13.0. The van der Waals surface area contributed by atoms with Gasteiger partial charge in [-0.05, 0) is 59.2 Å². The maximum Gasteiger partial charge on any atom is 0.416 e. The third-order valence-electron chi connectivity index (χ3n) is 5.69. The number of rotatable bonds is 3. The van der Waals surface area contributed by atoms with Crippen LogP contribution in [-0.2, 0) is 25.8 Å². The average Bonchev–Trinajstić information content (AvgIpc) is 3.35. The number of aromatic nitrogens is 2. The molecule has 1 aromatic heterocycles. The fraction of sp³-hybridized carbons (Fsp3) is 0.167. The van der Waals surface area contributed by atoms with Gasteiger partial charge in [-0.3, -0.25) is 4.90 Å². The lowest BCUT2D eigenvalue weighted by atomic mass is 10.1. The number of hydrogen-bond donors (Lipinski definition) is 1. The topological polar surface area (TPSA) is 70.9 Å². The summed E-state index contributed by atoms with van der Waals surface area (Å²) in [7, 11) is 0.